The highest BCUT2D eigenvalue weighted by atomic mass is 19.3. The van der Waals surface area contributed by atoms with E-state index in [1.807, 2.05) is 0 Å². The van der Waals surface area contributed by atoms with Gasteiger partial charge in [0, 0.05) is 31.2 Å². The maximum atomic E-state index is 14.0. The van der Waals surface area contributed by atoms with Crippen LogP contribution in [0.4, 0.5) is 17.6 Å². The van der Waals surface area contributed by atoms with Gasteiger partial charge in [-0.3, -0.25) is 4.79 Å². The fourth-order valence-electron chi connectivity index (χ4n) is 2.17. The van der Waals surface area contributed by atoms with Crippen LogP contribution in [0, 0.1) is 11.6 Å². The summed E-state index contributed by atoms with van der Waals surface area (Å²) in [5.74, 6) is -2.37. The Hall–Kier alpha value is -2.05. The zero-order valence-electron chi connectivity index (χ0n) is 11.2. The minimum absolute atomic E-state index is 0.0988. The van der Waals surface area contributed by atoms with Gasteiger partial charge in [-0.1, -0.05) is 6.58 Å². The lowest BCUT2D eigenvalue weighted by atomic mass is 9.89. The molecule has 0 aromatic heterocycles. The Balaban J connectivity index is 2.18. The first-order valence-corrected chi connectivity index (χ1v) is 6.18. The lowest BCUT2D eigenvalue weighted by Gasteiger charge is -2.39. The van der Waals surface area contributed by atoms with E-state index >= 15 is 0 Å². The summed E-state index contributed by atoms with van der Waals surface area (Å²) < 4.78 is 56.8. The van der Waals surface area contributed by atoms with E-state index in [9.17, 15) is 22.4 Å². The second-order valence-electron chi connectivity index (χ2n) is 4.67. The van der Waals surface area contributed by atoms with Crippen molar-refractivity contribution in [3.8, 4) is 5.75 Å². The first-order chi connectivity index (χ1) is 9.82. The number of hydrogen-bond acceptors (Lipinski definition) is 2. The van der Waals surface area contributed by atoms with E-state index in [0.29, 0.717) is 0 Å². The maximum Gasteiger partial charge on any atom is 0.252 e. The van der Waals surface area contributed by atoms with Crippen LogP contribution in [0.5, 0.6) is 5.75 Å². The Kier molecular flexibility index (Phi) is 4.20. The number of halogens is 4. The van der Waals surface area contributed by atoms with Crippen LogP contribution in [0.2, 0.25) is 0 Å². The van der Waals surface area contributed by atoms with Crippen molar-refractivity contribution in [2.45, 2.75) is 18.9 Å². The molecule has 0 saturated carbocycles. The maximum absolute atomic E-state index is 14.0. The molecule has 0 radical (unpaired) electrons. The highest BCUT2D eigenvalue weighted by Gasteiger charge is 2.41. The summed E-state index contributed by atoms with van der Waals surface area (Å²) in [6.07, 6.45) is -3.07. The second-order valence-corrected chi connectivity index (χ2v) is 4.67. The molecule has 1 unspecified atom stereocenters. The molecule has 1 heterocycles. The molecule has 2 rings (SSSR count). The summed E-state index contributed by atoms with van der Waals surface area (Å²) in [4.78, 5) is 12.5. The highest BCUT2D eigenvalue weighted by molar-refractivity contribution is 6.01. The number of hydrogen-bond donors (Lipinski definition) is 0. The average molecular weight is 303 g/mol. The van der Waals surface area contributed by atoms with Crippen molar-refractivity contribution in [3.05, 3.63) is 41.5 Å². The first-order valence-electron chi connectivity index (χ1n) is 6.18. The topological polar surface area (TPSA) is 29.5 Å². The largest absolute Gasteiger partial charge is 0.493 e. The van der Waals surface area contributed by atoms with E-state index in [2.05, 4.69) is 6.58 Å². The van der Waals surface area contributed by atoms with E-state index < -0.39 is 30.5 Å². The van der Waals surface area contributed by atoms with Crippen molar-refractivity contribution in [3.63, 3.8) is 0 Å². The molecule has 7 heteroatoms. The molecule has 1 amide bonds. The standard InChI is InChI=1S/C14H13F4NO2/c1-7-13(19(2)14(7)20)12-9(15)5-8(6-10(12)16)21-4-3-11(17)18/h5-6,11,13H,1,3-4H2,2H3. The SMILES string of the molecule is C=C1C(=O)N(C)C1c1c(F)cc(OCCC(F)F)cc1F. The van der Waals surface area contributed by atoms with Gasteiger partial charge in [0.1, 0.15) is 17.4 Å². The number of likely N-dealkylation sites (tertiary alicyclic amines) is 1. The number of carbonyl (C=O) groups is 1. The predicted molar refractivity (Wildman–Crippen MR) is 67.1 cm³/mol. The van der Waals surface area contributed by atoms with Gasteiger partial charge in [-0.05, 0) is 0 Å². The molecular formula is C14H13F4NO2. The molecule has 114 valence electrons. The van der Waals surface area contributed by atoms with Crippen molar-refractivity contribution >= 4 is 5.91 Å². The average Bonchev–Trinajstić information content (AvgIpc) is 2.41. The van der Waals surface area contributed by atoms with Gasteiger partial charge in [-0.2, -0.15) is 0 Å². The van der Waals surface area contributed by atoms with Gasteiger partial charge in [-0.25, -0.2) is 17.6 Å². The molecule has 1 saturated heterocycles. The molecule has 1 aliphatic rings. The number of alkyl halides is 2. The van der Waals surface area contributed by atoms with E-state index in [-0.39, 0.29) is 29.4 Å². The van der Waals surface area contributed by atoms with Crippen molar-refractivity contribution in [1.29, 1.82) is 0 Å². The zero-order valence-corrected chi connectivity index (χ0v) is 11.2. The summed E-state index contributed by atoms with van der Waals surface area (Å²) in [5, 5.41) is 0. The smallest absolute Gasteiger partial charge is 0.252 e. The van der Waals surface area contributed by atoms with E-state index in [0.717, 1.165) is 12.1 Å². The van der Waals surface area contributed by atoms with Crippen molar-refractivity contribution in [2.24, 2.45) is 0 Å². The summed E-state index contributed by atoms with van der Waals surface area (Å²) >= 11 is 0. The Labute approximate surface area is 118 Å². The van der Waals surface area contributed by atoms with Gasteiger partial charge in [0.2, 0.25) is 6.43 Å². The molecule has 1 atom stereocenters. The van der Waals surface area contributed by atoms with Crippen LogP contribution >= 0.6 is 0 Å². The Morgan fingerprint density at radius 3 is 2.38 bits per heavy atom. The minimum Gasteiger partial charge on any atom is -0.493 e. The molecule has 1 aromatic rings. The van der Waals surface area contributed by atoms with Gasteiger partial charge in [-0.15, -0.1) is 0 Å². The van der Waals surface area contributed by atoms with Gasteiger partial charge < -0.3 is 9.64 Å². The number of carbonyl (C=O) groups excluding carboxylic acids is 1. The molecule has 0 aliphatic carbocycles. The van der Waals surface area contributed by atoms with Crippen LogP contribution in [-0.2, 0) is 4.79 Å². The molecule has 1 fully saturated rings. The van der Waals surface area contributed by atoms with Crippen LogP contribution in [0.3, 0.4) is 0 Å². The van der Waals surface area contributed by atoms with Gasteiger partial charge in [0.15, 0.2) is 0 Å². The van der Waals surface area contributed by atoms with Crippen LogP contribution in [0.25, 0.3) is 0 Å². The van der Waals surface area contributed by atoms with Crippen molar-refractivity contribution < 1.29 is 27.1 Å². The first kappa shape index (κ1) is 15.3. The van der Waals surface area contributed by atoms with E-state index in [1.54, 1.807) is 0 Å². The third-order valence-corrected chi connectivity index (χ3v) is 3.24. The van der Waals surface area contributed by atoms with Crippen LogP contribution in [-0.4, -0.2) is 30.9 Å². The number of rotatable bonds is 5. The number of benzene rings is 1. The normalized spacial score (nSPS) is 18.2. The van der Waals surface area contributed by atoms with Crippen molar-refractivity contribution in [1.82, 2.24) is 4.90 Å². The van der Waals surface area contributed by atoms with Gasteiger partial charge >= 0.3 is 0 Å². The fraction of sp³-hybridized carbons (Fsp3) is 0.357. The zero-order chi connectivity index (χ0) is 15.7. The molecule has 0 bridgehead atoms. The van der Waals surface area contributed by atoms with Crippen molar-refractivity contribution in [2.75, 3.05) is 13.7 Å². The fourth-order valence-corrected chi connectivity index (χ4v) is 2.17. The van der Waals surface area contributed by atoms with E-state index in [1.165, 1.54) is 11.9 Å². The second kappa shape index (κ2) is 5.75. The molecule has 1 aliphatic heterocycles. The summed E-state index contributed by atoms with van der Waals surface area (Å²) in [7, 11) is 1.41. The van der Waals surface area contributed by atoms with E-state index in [4.69, 9.17) is 4.74 Å². The van der Waals surface area contributed by atoms with Crippen LogP contribution < -0.4 is 4.74 Å². The molecule has 0 N–H and O–H groups in total. The van der Waals surface area contributed by atoms with Crippen LogP contribution in [0.15, 0.2) is 24.3 Å². The third-order valence-electron chi connectivity index (χ3n) is 3.24. The number of amides is 1. The molecule has 1 aromatic carbocycles. The summed E-state index contributed by atoms with van der Waals surface area (Å²) in [6.45, 7) is 3.14. The number of ether oxygens (including phenoxy) is 1. The quantitative estimate of drug-likeness (QED) is 0.475. The number of likely N-dealkylation sites (N-methyl/N-ethyl adjacent to an activating group) is 1. The van der Waals surface area contributed by atoms with Gasteiger partial charge in [0.05, 0.1) is 18.2 Å². The Morgan fingerprint density at radius 1 is 1.33 bits per heavy atom. The summed E-state index contributed by atoms with van der Waals surface area (Å²) in [6, 6.07) is 0.967. The molecule has 21 heavy (non-hydrogen) atoms. The third kappa shape index (κ3) is 2.86. The van der Waals surface area contributed by atoms with Gasteiger partial charge in [0.25, 0.3) is 5.91 Å². The molecule has 0 spiro atoms. The number of nitrogens with zero attached hydrogens (tertiary/aromatic N) is 1. The lowest BCUT2D eigenvalue weighted by molar-refractivity contribution is -0.135. The van der Waals surface area contributed by atoms with Crippen LogP contribution in [0.1, 0.15) is 18.0 Å². The monoisotopic (exact) mass is 303 g/mol. The Morgan fingerprint density at radius 2 is 1.90 bits per heavy atom. The molecule has 3 nitrogen and oxygen atoms in total. The predicted octanol–water partition coefficient (Wildman–Crippen LogP) is 3.07. The summed E-state index contributed by atoms with van der Waals surface area (Å²) in [5.41, 5.74) is -0.204. The number of β-lactam (4-membered cyclic amide) rings is 1. The Bertz CT molecular complexity index is 565. The molecular weight excluding hydrogens is 290 g/mol. The highest BCUT2D eigenvalue weighted by Crippen LogP contribution is 2.40. The lowest BCUT2D eigenvalue weighted by Crippen LogP contribution is -2.46. The minimum atomic E-state index is -2.54.